The molecular formula is C48H80N2O6. The van der Waals surface area contributed by atoms with Gasteiger partial charge in [-0.15, -0.1) is 0 Å². The second-order valence-electron chi connectivity index (χ2n) is 23.2. The summed E-state index contributed by atoms with van der Waals surface area (Å²) in [6.07, 6.45) is 25.7. The Labute approximate surface area is 340 Å². The van der Waals surface area contributed by atoms with Crippen LogP contribution in [0.1, 0.15) is 209 Å². The monoisotopic (exact) mass is 781 g/mol. The summed E-state index contributed by atoms with van der Waals surface area (Å²) in [5, 5.41) is 4.69. The molecule has 2 heterocycles. The number of fused-ring (bicyclic) bond motifs is 10. The highest BCUT2D eigenvalue weighted by Gasteiger charge is 2.64. The SMILES string of the molecule is CC1(C)CC(OC(=O)CCCCCCCCC(=O)OC2CC(C)(C)N(OC34CCC(C3)C3CCCC34)C(C)(C)C2)CC(C)(C)N1OC12CCC(C1)C1CCCC12. The molecule has 8 fully saturated rings. The first-order valence-electron chi connectivity index (χ1n) is 23.8. The lowest BCUT2D eigenvalue weighted by Gasteiger charge is -2.56. The van der Waals surface area contributed by atoms with Crippen LogP contribution < -0.4 is 0 Å². The molecule has 8 rings (SSSR count). The third-order valence-electron chi connectivity index (χ3n) is 17.1. The Morgan fingerprint density at radius 2 is 0.839 bits per heavy atom. The molecule has 8 heteroatoms. The second kappa shape index (κ2) is 15.4. The number of esters is 2. The highest BCUT2D eigenvalue weighted by atomic mass is 16.7. The molecule has 0 aromatic carbocycles. The van der Waals surface area contributed by atoms with Crippen molar-refractivity contribution >= 4 is 11.9 Å². The zero-order valence-corrected chi connectivity index (χ0v) is 36.9. The fraction of sp³-hybridized carbons (Fsp3) is 0.958. The molecule has 0 N–H and O–H groups in total. The Morgan fingerprint density at radius 3 is 1.21 bits per heavy atom. The van der Waals surface area contributed by atoms with Crippen molar-refractivity contribution in [2.24, 2.45) is 35.5 Å². The number of hydrogen-bond acceptors (Lipinski definition) is 8. The fourth-order valence-corrected chi connectivity index (χ4v) is 15.4. The largest absolute Gasteiger partial charge is 0.462 e. The van der Waals surface area contributed by atoms with Crippen molar-refractivity contribution < 1.29 is 28.7 Å². The maximum atomic E-state index is 13.0. The van der Waals surface area contributed by atoms with Crippen LogP contribution >= 0.6 is 0 Å². The van der Waals surface area contributed by atoms with E-state index >= 15 is 0 Å². The summed E-state index contributed by atoms with van der Waals surface area (Å²) in [5.41, 5.74) is -0.733. The first-order chi connectivity index (χ1) is 26.4. The van der Waals surface area contributed by atoms with Gasteiger partial charge < -0.3 is 9.47 Å². The summed E-state index contributed by atoms with van der Waals surface area (Å²) in [6.45, 7) is 18.2. The lowest BCUT2D eigenvalue weighted by Crippen LogP contribution is -2.64. The third kappa shape index (κ3) is 7.91. The number of hydroxylamine groups is 4. The number of carbonyl (C=O) groups is 2. The molecule has 2 aliphatic heterocycles. The Bertz CT molecular complexity index is 1300. The summed E-state index contributed by atoms with van der Waals surface area (Å²) in [4.78, 5) is 40.4. The van der Waals surface area contributed by atoms with E-state index in [4.69, 9.17) is 19.1 Å². The zero-order valence-electron chi connectivity index (χ0n) is 36.9. The van der Waals surface area contributed by atoms with Gasteiger partial charge >= 0.3 is 11.9 Å². The zero-order chi connectivity index (χ0) is 39.7. The summed E-state index contributed by atoms with van der Waals surface area (Å²) >= 11 is 0. The summed E-state index contributed by atoms with van der Waals surface area (Å²) < 4.78 is 12.3. The van der Waals surface area contributed by atoms with Gasteiger partial charge in [0.25, 0.3) is 0 Å². The summed E-state index contributed by atoms with van der Waals surface area (Å²) in [7, 11) is 0. The average molecular weight is 781 g/mol. The van der Waals surface area contributed by atoms with Gasteiger partial charge in [0.2, 0.25) is 0 Å². The van der Waals surface area contributed by atoms with Gasteiger partial charge in [0.1, 0.15) is 12.2 Å². The molecular weight excluding hydrogens is 701 g/mol. The molecule has 6 saturated carbocycles. The van der Waals surface area contributed by atoms with E-state index in [0.717, 1.165) is 99.7 Å². The molecule has 318 valence electrons. The van der Waals surface area contributed by atoms with E-state index in [1.165, 1.54) is 77.0 Å². The van der Waals surface area contributed by atoms with E-state index in [1.54, 1.807) is 0 Å². The van der Waals surface area contributed by atoms with Crippen molar-refractivity contribution in [1.82, 2.24) is 10.1 Å². The normalized spacial score (nSPS) is 39.6. The van der Waals surface area contributed by atoms with Crippen LogP contribution in [0.4, 0.5) is 0 Å². The van der Waals surface area contributed by atoms with Crippen LogP contribution in [0.5, 0.6) is 0 Å². The summed E-state index contributed by atoms with van der Waals surface area (Å²) in [5.74, 6) is 4.85. The minimum Gasteiger partial charge on any atom is -0.462 e. The average Bonchev–Trinajstić information content (AvgIpc) is 3.93. The van der Waals surface area contributed by atoms with Crippen molar-refractivity contribution in [2.75, 3.05) is 0 Å². The van der Waals surface area contributed by atoms with Gasteiger partial charge in [-0.25, -0.2) is 0 Å². The molecule has 56 heavy (non-hydrogen) atoms. The smallest absolute Gasteiger partial charge is 0.306 e. The minimum atomic E-state index is -0.199. The quantitative estimate of drug-likeness (QED) is 0.120. The lowest BCUT2D eigenvalue weighted by molar-refractivity contribution is -0.351. The van der Waals surface area contributed by atoms with E-state index in [-0.39, 0.29) is 57.5 Å². The Hall–Kier alpha value is -1.22. The van der Waals surface area contributed by atoms with E-state index < -0.39 is 0 Å². The number of carbonyl (C=O) groups excluding carboxylic acids is 2. The van der Waals surface area contributed by atoms with Crippen LogP contribution in [0.25, 0.3) is 0 Å². The lowest BCUT2D eigenvalue weighted by atomic mass is 9.78. The topological polar surface area (TPSA) is 77.5 Å². The van der Waals surface area contributed by atoms with Crippen molar-refractivity contribution in [3.05, 3.63) is 0 Å². The molecule has 8 aliphatic rings. The Kier molecular flexibility index (Phi) is 11.4. The molecule has 0 radical (unpaired) electrons. The molecule has 0 spiro atoms. The van der Waals surface area contributed by atoms with Crippen LogP contribution in [0, 0.1) is 35.5 Å². The minimum absolute atomic E-state index is 0.0308. The molecule has 8 unspecified atom stereocenters. The number of hydrogen-bond donors (Lipinski definition) is 0. The highest BCUT2D eigenvalue weighted by Crippen LogP contribution is 2.65. The van der Waals surface area contributed by atoms with Gasteiger partial charge in [-0.1, -0.05) is 38.5 Å². The number of piperidine rings is 2. The van der Waals surface area contributed by atoms with E-state index in [2.05, 4.69) is 65.5 Å². The Balaban J connectivity index is 0.700. The van der Waals surface area contributed by atoms with Crippen LogP contribution in [0.3, 0.4) is 0 Å². The Morgan fingerprint density at radius 1 is 0.482 bits per heavy atom. The maximum Gasteiger partial charge on any atom is 0.306 e. The van der Waals surface area contributed by atoms with Gasteiger partial charge in [0.15, 0.2) is 0 Å². The molecule has 6 aliphatic carbocycles. The van der Waals surface area contributed by atoms with Crippen LogP contribution in [-0.4, -0.2) is 67.6 Å². The first-order valence-corrected chi connectivity index (χ1v) is 23.8. The maximum absolute atomic E-state index is 13.0. The molecule has 8 nitrogen and oxygen atoms in total. The van der Waals surface area contributed by atoms with Crippen LogP contribution in [-0.2, 0) is 28.7 Å². The fourth-order valence-electron chi connectivity index (χ4n) is 15.4. The van der Waals surface area contributed by atoms with E-state index in [0.29, 0.717) is 12.8 Å². The van der Waals surface area contributed by atoms with Gasteiger partial charge in [-0.05, 0) is 168 Å². The summed E-state index contributed by atoms with van der Waals surface area (Å²) in [6, 6.07) is 0. The van der Waals surface area contributed by atoms with Crippen molar-refractivity contribution in [3.63, 3.8) is 0 Å². The van der Waals surface area contributed by atoms with Gasteiger partial charge in [0.05, 0.1) is 11.2 Å². The number of nitrogens with zero attached hydrogens (tertiary/aromatic N) is 2. The third-order valence-corrected chi connectivity index (χ3v) is 17.1. The highest BCUT2D eigenvalue weighted by molar-refractivity contribution is 5.70. The van der Waals surface area contributed by atoms with E-state index in [9.17, 15) is 9.59 Å². The number of rotatable bonds is 15. The predicted octanol–water partition coefficient (Wildman–Crippen LogP) is 11.0. The number of unbranched alkanes of at least 4 members (excludes halogenated alkanes) is 5. The second-order valence-corrected chi connectivity index (χ2v) is 23.2. The van der Waals surface area contributed by atoms with Gasteiger partial charge in [-0.2, -0.15) is 10.1 Å². The van der Waals surface area contributed by atoms with Gasteiger partial charge in [0, 0.05) is 60.7 Å². The van der Waals surface area contributed by atoms with Crippen molar-refractivity contribution in [1.29, 1.82) is 0 Å². The first kappa shape index (κ1) is 41.5. The molecule has 0 aromatic heterocycles. The molecule has 0 aromatic rings. The van der Waals surface area contributed by atoms with Gasteiger partial charge in [-0.3, -0.25) is 19.3 Å². The number of ether oxygens (including phenoxy) is 2. The molecule has 2 saturated heterocycles. The predicted molar refractivity (Wildman–Crippen MR) is 219 cm³/mol. The van der Waals surface area contributed by atoms with Crippen LogP contribution in [0.2, 0.25) is 0 Å². The van der Waals surface area contributed by atoms with Crippen molar-refractivity contribution in [2.45, 2.75) is 255 Å². The molecule has 0 amide bonds. The van der Waals surface area contributed by atoms with Crippen molar-refractivity contribution in [3.8, 4) is 0 Å². The molecule has 4 bridgehead atoms. The van der Waals surface area contributed by atoms with E-state index in [1.807, 2.05) is 0 Å². The van der Waals surface area contributed by atoms with Crippen LogP contribution in [0.15, 0.2) is 0 Å². The standard InChI is InChI=1S/C48H80N2O6/c1-43(2)29-35(30-44(3,4)49(43)55-47-25-23-33(27-47)37-17-15-19-39(37)47)53-41(51)21-13-11-9-10-12-14-22-42(52)54-36-31-45(5,6)50(46(7,8)32-36)56-48-26-24-34(28-48)38-18-16-20-40(38)48/h33-40H,9-32H2,1-8H3. The molecule has 8 atom stereocenters.